The van der Waals surface area contributed by atoms with Crippen molar-refractivity contribution in [2.24, 2.45) is 17.8 Å². The van der Waals surface area contributed by atoms with Gasteiger partial charge in [0.15, 0.2) is 6.10 Å². The summed E-state index contributed by atoms with van der Waals surface area (Å²) >= 11 is 0. The predicted molar refractivity (Wildman–Crippen MR) is 293 cm³/mol. The second-order valence-corrected chi connectivity index (χ2v) is 22.5. The van der Waals surface area contributed by atoms with Gasteiger partial charge in [0.05, 0.1) is 0 Å². The summed E-state index contributed by atoms with van der Waals surface area (Å²) in [5.74, 6) is 1.72. The first-order valence-corrected chi connectivity index (χ1v) is 30.6. The van der Waals surface area contributed by atoms with E-state index in [9.17, 15) is 14.4 Å². The fraction of sp³-hybridized carbons (Fsp3) is 0.952. The molecule has 404 valence electrons. The van der Waals surface area contributed by atoms with Crippen LogP contribution in [-0.2, 0) is 28.6 Å². The van der Waals surface area contributed by atoms with Gasteiger partial charge in [-0.2, -0.15) is 0 Å². The molecule has 0 amide bonds. The van der Waals surface area contributed by atoms with E-state index in [-0.39, 0.29) is 31.1 Å². The maximum Gasteiger partial charge on any atom is 0.306 e. The molecule has 68 heavy (non-hydrogen) atoms. The second-order valence-electron chi connectivity index (χ2n) is 22.5. The molecule has 0 aliphatic carbocycles. The second kappa shape index (κ2) is 53.2. The van der Waals surface area contributed by atoms with Gasteiger partial charge in [-0.3, -0.25) is 14.4 Å². The average Bonchev–Trinajstić information content (AvgIpc) is 3.31. The Morgan fingerprint density at radius 3 is 0.765 bits per heavy atom. The minimum Gasteiger partial charge on any atom is -0.462 e. The summed E-state index contributed by atoms with van der Waals surface area (Å²) in [6, 6.07) is 0. The first-order chi connectivity index (χ1) is 33.1. The number of ether oxygens (including phenoxy) is 3. The van der Waals surface area contributed by atoms with E-state index < -0.39 is 6.10 Å². The summed E-state index contributed by atoms with van der Waals surface area (Å²) in [7, 11) is 0. The van der Waals surface area contributed by atoms with Gasteiger partial charge in [0.1, 0.15) is 13.2 Å². The van der Waals surface area contributed by atoms with Gasteiger partial charge in [-0.15, -0.1) is 0 Å². The lowest BCUT2D eigenvalue weighted by atomic mass is 9.99. The Bertz CT molecular complexity index is 1060. The van der Waals surface area contributed by atoms with E-state index in [2.05, 4.69) is 41.5 Å². The van der Waals surface area contributed by atoms with Crippen LogP contribution >= 0.6 is 0 Å². The zero-order valence-electron chi connectivity index (χ0n) is 46.9. The first kappa shape index (κ1) is 66.4. The standard InChI is InChI=1S/C62H120O6/c1-7-58(6)50-44-38-32-26-19-14-12-10-8-9-11-13-15-21-29-35-41-47-53-62(65)68-59(55-67-61(64)52-46-40-34-28-23-22-25-31-37-43-49-57(4)5)54-66-60(63)51-45-39-33-27-20-17-16-18-24-30-36-42-48-56(2)3/h56-59H,7-55H2,1-6H3/t58?,59-/m0/s1. The minimum absolute atomic E-state index is 0.0634. The van der Waals surface area contributed by atoms with Crippen molar-refractivity contribution < 1.29 is 28.6 Å². The molecule has 1 unspecified atom stereocenters. The third kappa shape index (κ3) is 53.8. The van der Waals surface area contributed by atoms with Gasteiger partial charge in [0.25, 0.3) is 0 Å². The molecule has 0 aliphatic rings. The number of carbonyl (C=O) groups is 3. The zero-order valence-corrected chi connectivity index (χ0v) is 46.9. The van der Waals surface area contributed by atoms with Crippen LogP contribution in [0.4, 0.5) is 0 Å². The Balaban J connectivity index is 4.26. The molecule has 0 aromatic carbocycles. The zero-order chi connectivity index (χ0) is 49.8. The van der Waals surface area contributed by atoms with Crippen LogP contribution in [0.25, 0.3) is 0 Å². The number of rotatable bonds is 55. The van der Waals surface area contributed by atoms with Crippen molar-refractivity contribution in [3.8, 4) is 0 Å². The van der Waals surface area contributed by atoms with E-state index in [1.165, 1.54) is 225 Å². The molecule has 0 fully saturated rings. The third-order valence-corrected chi connectivity index (χ3v) is 14.5. The molecule has 0 rings (SSSR count). The summed E-state index contributed by atoms with van der Waals surface area (Å²) < 4.78 is 16.9. The van der Waals surface area contributed by atoms with Crippen LogP contribution in [0.15, 0.2) is 0 Å². The highest BCUT2D eigenvalue weighted by molar-refractivity contribution is 5.71. The largest absolute Gasteiger partial charge is 0.462 e. The van der Waals surface area contributed by atoms with Crippen molar-refractivity contribution in [2.75, 3.05) is 13.2 Å². The van der Waals surface area contributed by atoms with Crippen LogP contribution in [0.1, 0.15) is 343 Å². The lowest BCUT2D eigenvalue weighted by Crippen LogP contribution is -2.30. The quantitative estimate of drug-likeness (QED) is 0.0343. The van der Waals surface area contributed by atoms with E-state index in [0.717, 1.165) is 75.5 Å². The van der Waals surface area contributed by atoms with Crippen molar-refractivity contribution in [2.45, 2.75) is 349 Å². The van der Waals surface area contributed by atoms with E-state index >= 15 is 0 Å². The molecule has 6 heteroatoms. The molecule has 6 nitrogen and oxygen atoms in total. The van der Waals surface area contributed by atoms with Gasteiger partial charge in [0, 0.05) is 19.3 Å². The van der Waals surface area contributed by atoms with Gasteiger partial charge < -0.3 is 14.2 Å². The molecule has 0 saturated heterocycles. The molecule has 0 N–H and O–H groups in total. The normalized spacial score (nSPS) is 12.5. The summed E-state index contributed by atoms with van der Waals surface area (Å²) in [6.45, 7) is 13.8. The topological polar surface area (TPSA) is 78.9 Å². The van der Waals surface area contributed by atoms with Crippen molar-refractivity contribution in [1.29, 1.82) is 0 Å². The van der Waals surface area contributed by atoms with Gasteiger partial charge >= 0.3 is 17.9 Å². The number of unbranched alkanes of at least 4 members (excludes halogenated alkanes) is 37. The Morgan fingerprint density at radius 1 is 0.294 bits per heavy atom. The Labute approximate surface area is 425 Å². The molecular formula is C62H120O6. The van der Waals surface area contributed by atoms with Crippen molar-refractivity contribution in [1.82, 2.24) is 0 Å². The maximum absolute atomic E-state index is 12.9. The highest BCUT2D eigenvalue weighted by Crippen LogP contribution is 2.19. The molecule has 0 aliphatic heterocycles. The number of hydrogen-bond donors (Lipinski definition) is 0. The lowest BCUT2D eigenvalue weighted by molar-refractivity contribution is -0.167. The molecule has 0 heterocycles. The van der Waals surface area contributed by atoms with Gasteiger partial charge in [-0.25, -0.2) is 0 Å². The molecule has 2 atom stereocenters. The van der Waals surface area contributed by atoms with Crippen molar-refractivity contribution in [3.63, 3.8) is 0 Å². The van der Waals surface area contributed by atoms with E-state index in [4.69, 9.17) is 14.2 Å². The van der Waals surface area contributed by atoms with Crippen LogP contribution in [0.3, 0.4) is 0 Å². The first-order valence-electron chi connectivity index (χ1n) is 30.6. The van der Waals surface area contributed by atoms with Crippen LogP contribution in [0.5, 0.6) is 0 Å². The van der Waals surface area contributed by atoms with Crippen LogP contribution < -0.4 is 0 Å². The van der Waals surface area contributed by atoms with Crippen LogP contribution in [0.2, 0.25) is 0 Å². The smallest absolute Gasteiger partial charge is 0.306 e. The Kier molecular flexibility index (Phi) is 52.0. The van der Waals surface area contributed by atoms with Gasteiger partial charge in [0.2, 0.25) is 0 Å². The molecule has 0 bridgehead atoms. The summed E-state index contributed by atoms with van der Waals surface area (Å²) in [5.41, 5.74) is 0. The molecule has 0 aromatic heterocycles. The van der Waals surface area contributed by atoms with Crippen LogP contribution in [-0.4, -0.2) is 37.2 Å². The number of esters is 3. The molecule has 0 saturated carbocycles. The Hall–Kier alpha value is -1.59. The Morgan fingerprint density at radius 2 is 0.515 bits per heavy atom. The van der Waals surface area contributed by atoms with E-state index in [0.29, 0.717) is 19.3 Å². The number of hydrogen-bond acceptors (Lipinski definition) is 6. The molecule has 0 spiro atoms. The SMILES string of the molecule is CCC(C)CCCCCCCCCCCCCCCCCCCCC(=O)O[C@@H](COC(=O)CCCCCCCCCCCCCCC(C)C)COC(=O)CCCCCCCCCCCCC(C)C. The van der Waals surface area contributed by atoms with E-state index in [1.807, 2.05) is 0 Å². The fourth-order valence-electron chi connectivity index (χ4n) is 9.50. The van der Waals surface area contributed by atoms with Gasteiger partial charge in [-0.1, -0.05) is 305 Å². The highest BCUT2D eigenvalue weighted by atomic mass is 16.6. The fourth-order valence-corrected chi connectivity index (χ4v) is 9.50. The average molecular weight is 962 g/mol. The third-order valence-electron chi connectivity index (χ3n) is 14.5. The van der Waals surface area contributed by atoms with Crippen molar-refractivity contribution >= 4 is 17.9 Å². The summed E-state index contributed by atoms with van der Waals surface area (Å²) in [4.78, 5) is 38.2. The molecule has 0 radical (unpaired) electrons. The highest BCUT2D eigenvalue weighted by Gasteiger charge is 2.19. The van der Waals surface area contributed by atoms with Crippen LogP contribution in [0, 0.1) is 17.8 Å². The monoisotopic (exact) mass is 961 g/mol. The minimum atomic E-state index is -0.764. The summed E-state index contributed by atoms with van der Waals surface area (Å²) in [5, 5.41) is 0. The lowest BCUT2D eigenvalue weighted by Gasteiger charge is -2.18. The van der Waals surface area contributed by atoms with Crippen molar-refractivity contribution in [3.05, 3.63) is 0 Å². The van der Waals surface area contributed by atoms with E-state index in [1.54, 1.807) is 0 Å². The van der Waals surface area contributed by atoms with Gasteiger partial charge in [-0.05, 0) is 37.0 Å². The maximum atomic E-state index is 12.9. The molecule has 0 aromatic rings. The number of carbonyl (C=O) groups excluding carboxylic acids is 3. The molecular weight excluding hydrogens is 841 g/mol. The predicted octanol–water partition coefficient (Wildman–Crippen LogP) is 20.3. The summed E-state index contributed by atoms with van der Waals surface area (Å²) in [6.07, 6.45) is 56.7.